The van der Waals surface area contributed by atoms with E-state index in [0.29, 0.717) is 30.9 Å². The molecule has 1 aliphatic rings. The van der Waals surface area contributed by atoms with Crippen molar-refractivity contribution in [1.82, 2.24) is 9.47 Å². The molecule has 0 fully saturated rings. The Hall–Kier alpha value is -4.68. The molecule has 42 heavy (non-hydrogen) atoms. The number of hydrogen-bond donors (Lipinski definition) is 1. The van der Waals surface area contributed by atoms with Gasteiger partial charge in [-0.25, -0.2) is 4.79 Å². The van der Waals surface area contributed by atoms with Crippen LogP contribution in [0.4, 0.5) is 5.82 Å². The van der Waals surface area contributed by atoms with E-state index in [-0.39, 0.29) is 12.1 Å². The molecule has 6 nitrogen and oxygen atoms in total. The van der Waals surface area contributed by atoms with Gasteiger partial charge in [0.25, 0.3) is 5.56 Å². The van der Waals surface area contributed by atoms with Crippen molar-refractivity contribution in [3.05, 3.63) is 135 Å². The largest absolute Gasteiger partial charge is 0.480 e. The van der Waals surface area contributed by atoms with E-state index in [4.69, 9.17) is 0 Å². The lowest BCUT2D eigenvalue weighted by Crippen LogP contribution is -2.33. The number of carboxylic acid groups (broad SMARTS) is 1. The minimum atomic E-state index is -0.998. The van der Waals surface area contributed by atoms with Gasteiger partial charge in [0.2, 0.25) is 0 Å². The Labute approximate surface area is 246 Å². The highest BCUT2D eigenvalue weighted by Gasteiger charge is 2.39. The first-order chi connectivity index (χ1) is 20.3. The minimum absolute atomic E-state index is 0.220. The van der Waals surface area contributed by atoms with E-state index in [1.165, 1.54) is 0 Å². The van der Waals surface area contributed by atoms with Gasteiger partial charge in [-0.05, 0) is 60.5 Å². The number of benzene rings is 4. The van der Waals surface area contributed by atoms with Gasteiger partial charge < -0.3 is 14.9 Å². The average molecular weight is 558 g/mol. The summed E-state index contributed by atoms with van der Waals surface area (Å²) in [4.78, 5) is 31.2. The molecule has 1 atom stereocenters. The lowest BCUT2D eigenvalue weighted by atomic mass is 9.89. The maximum Gasteiger partial charge on any atom is 0.328 e. The molecule has 4 aromatic carbocycles. The third-order valence-electron chi connectivity index (χ3n) is 8.13. The van der Waals surface area contributed by atoms with Crippen LogP contribution in [0.15, 0.2) is 102 Å². The van der Waals surface area contributed by atoms with Gasteiger partial charge in [0, 0.05) is 24.2 Å². The Morgan fingerprint density at radius 3 is 2.36 bits per heavy atom. The van der Waals surface area contributed by atoms with E-state index in [1.807, 2.05) is 67.5 Å². The van der Waals surface area contributed by atoms with Crippen LogP contribution in [0, 0.1) is 6.92 Å². The van der Waals surface area contributed by atoms with Crippen molar-refractivity contribution in [3.8, 4) is 11.1 Å². The van der Waals surface area contributed by atoms with Crippen LogP contribution in [0.25, 0.3) is 21.9 Å². The van der Waals surface area contributed by atoms with Crippen LogP contribution in [0.3, 0.4) is 0 Å². The molecule has 0 spiro atoms. The van der Waals surface area contributed by atoms with Crippen LogP contribution in [0.5, 0.6) is 0 Å². The van der Waals surface area contributed by atoms with Crippen molar-refractivity contribution in [2.24, 2.45) is 0 Å². The van der Waals surface area contributed by atoms with E-state index in [9.17, 15) is 14.7 Å². The molecule has 2 heterocycles. The molecule has 1 unspecified atom stereocenters. The molecule has 0 saturated carbocycles. The predicted octanol–water partition coefficient (Wildman–Crippen LogP) is 6.28. The normalized spacial score (nSPS) is 14.5. The van der Waals surface area contributed by atoms with E-state index < -0.39 is 12.0 Å². The fourth-order valence-electron chi connectivity index (χ4n) is 6.30. The number of aryl methyl sites for hydroxylation is 1. The maximum atomic E-state index is 14.5. The summed E-state index contributed by atoms with van der Waals surface area (Å²) in [5, 5.41) is 12.7. The highest BCUT2D eigenvalue weighted by molar-refractivity contribution is 5.88. The number of nitrogens with zero attached hydrogens (tertiary/aromatic N) is 3. The molecule has 1 aliphatic heterocycles. The van der Waals surface area contributed by atoms with Crippen LogP contribution in [-0.2, 0) is 24.3 Å². The molecule has 1 N–H and O–H groups in total. The summed E-state index contributed by atoms with van der Waals surface area (Å²) in [5.74, 6) is -0.318. The molecule has 6 heteroatoms. The van der Waals surface area contributed by atoms with E-state index >= 15 is 0 Å². The highest BCUT2D eigenvalue weighted by Crippen LogP contribution is 2.42. The lowest BCUT2D eigenvalue weighted by molar-refractivity contribution is -0.140. The number of carbonyl (C=O) groups is 1. The topological polar surface area (TPSA) is 65.8 Å². The Balaban J connectivity index is 1.69. The van der Waals surface area contributed by atoms with Gasteiger partial charge in [0.15, 0.2) is 6.04 Å². The summed E-state index contributed by atoms with van der Waals surface area (Å²) in [6.07, 6.45) is 0.549. The molecule has 0 saturated heterocycles. The first-order valence-electron chi connectivity index (χ1n) is 14.3. The Morgan fingerprint density at radius 2 is 1.62 bits per heavy atom. The number of pyridine rings is 1. The molecule has 0 amide bonds. The van der Waals surface area contributed by atoms with Gasteiger partial charge in [-0.3, -0.25) is 9.36 Å². The molecule has 1 aromatic heterocycles. The quantitative estimate of drug-likeness (QED) is 0.243. The number of rotatable bonds is 8. The molecule has 6 rings (SSSR count). The number of hydrogen-bond acceptors (Lipinski definition) is 4. The van der Waals surface area contributed by atoms with Gasteiger partial charge in [-0.15, -0.1) is 0 Å². The minimum Gasteiger partial charge on any atom is -0.480 e. The van der Waals surface area contributed by atoms with Crippen molar-refractivity contribution in [2.75, 3.05) is 25.5 Å². The monoisotopic (exact) mass is 557 g/mol. The van der Waals surface area contributed by atoms with Crippen molar-refractivity contribution in [3.63, 3.8) is 0 Å². The van der Waals surface area contributed by atoms with Crippen molar-refractivity contribution >= 4 is 22.6 Å². The number of fused-ring (bicyclic) bond motifs is 2. The second kappa shape index (κ2) is 11.3. The summed E-state index contributed by atoms with van der Waals surface area (Å²) in [6.45, 7) is 3.19. The average Bonchev–Trinajstić information content (AvgIpc) is 3.35. The zero-order chi connectivity index (χ0) is 29.4. The summed E-state index contributed by atoms with van der Waals surface area (Å²) in [7, 11) is 3.89. The van der Waals surface area contributed by atoms with E-state index in [0.717, 1.165) is 44.2 Å². The molecule has 0 aliphatic carbocycles. The maximum absolute atomic E-state index is 14.5. The van der Waals surface area contributed by atoms with Gasteiger partial charge in [-0.1, -0.05) is 103 Å². The number of carboxylic acids is 1. The SMILES string of the molecule is Cc1cccc(-c2c(Cc3cccc4ccccc34)c(CN(C)C)c(=O)n3c2N(Cc2ccccc2)CC3C(=O)O)c1. The summed E-state index contributed by atoms with van der Waals surface area (Å²) in [6, 6.07) is 32.0. The summed E-state index contributed by atoms with van der Waals surface area (Å²) >= 11 is 0. The number of aliphatic carboxylic acids is 1. The van der Waals surface area contributed by atoms with Gasteiger partial charge in [0.1, 0.15) is 5.82 Å². The van der Waals surface area contributed by atoms with Crippen LogP contribution >= 0.6 is 0 Å². The Kier molecular flexibility index (Phi) is 7.40. The number of aromatic nitrogens is 1. The Morgan fingerprint density at radius 1 is 0.905 bits per heavy atom. The molecule has 5 aromatic rings. The fraction of sp³-hybridized carbons (Fsp3) is 0.222. The first-order valence-corrected chi connectivity index (χ1v) is 14.3. The van der Waals surface area contributed by atoms with Crippen LogP contribution in [0.1, 0.15) is 33.9 Å². The first kappa shape index (κ1) is 27.5. The van der Waals surface area contributed by atoms with Crippen LogP contribution in [0.2, 0.25) is 0 Å². The third kappa shape index (κ3) is 5.10. The molecular weight excluding hydrogens is 522 g/mol. The smallest absolute Gasteiger partial charge is 0.328 e. The van der Waals surface area contributed by atoms with Gasteiger partial charge >= 0.3 is 5.97 Å². The van der Waals surface area contributed by atoms with Gasteiger partial charge in [0.05, 0.1) is 6.54 Å². The predicted molar refractivity (Wildman–Crippen MR) is 169 cm³/mol. The van der Waals surface area contributed by atoms with Gasteiger partial charge in [-0.2, -0.15) is 0 Å². The number of anilines is 1. The standard InChI is InChI=1S/C36H35N3O3/c1-24-11-9-17-28(19-24)33-30(20-27-16-10-15-26-14-7-8-18-29(26)27)31(22-37(2)3)35(40)39-32(36(41)42)23-38(34(33)39)21-25-12-5-4-6-13-25/h4-19,32H,20-23H2,1-3H3,(H,41,42). The van der Waals surface area contributed by atoms with Crippen LogP contribution in [-0.4, -0.2) is 41.2 Å². The van der Waals surface area contributed by atoms with Crippen molar-refractivity contribution in [2.45, 2.75) is 32.5 Å². The molecule has 0 bridgehead atoms. The second-order valence-corrected chi connectivity index (χ2v) is 11.5. The zero-order valence-electron chi connectivity index (χ0n) is 24.2. The molecule has 212 valence electrons. The molecule has 0 radical (unpaired) electrons. The summed E-state index contributed by atoms with van der Waals surface area (Å²) < 4.78 is 1.55. The van der Waals surface area contributed by atoms with E-state index in [2.05, 4.69) is 60.4 Å². The van der Waals surface area contributed by atoms with Crippen molar-refractivity contribution < 1.29 is 9.90 Å². The van der Waals surface area contributed by atoms with Crippen LogP contribution < -0.4 is 10.5 Å². The Bertz CT molecular complexity index is 1840. The van der Waals surface area contributed by atoms with E-state index in [1.54, 1.807) is 4.57 Å². The highest BCUT2D eigenvalue weighted by atomic mass is 16.4. The fourth-order valence-corrected chi connectivity index (χ4v) is 6.30. The second-order valence-electron chi connectivity index (χ2n) is 11.5. The third-order valence-corrected chi connectivity index (χ3v) is 8.13. The lowest BCUT2D eigenvalue weighted by Gasteiger charge is -2.26. The molecular formula is C36H35N3O3. The zero-order valence-corrected chi connectivity index (χ0v) is 24.2. The van der Waals surface area contributed by atoms with Crippen molar-refractivity contribution in [1.29, 1.82) is 0 Å². The summed E-state index contributed by atoms with van der Waals surface area (Å²) in [5.41, 5.74) is 6.57.